The zero-order valence-electron chi connectivity index (χ0n) is 39.5. The van der Waals surface area contributed by atoms with E-state index in [1.807, 2.05) is 44.8 Å². The highest BCUT2D eigenvalue weighted by Gasteiger charge is 2.54. The first kappa shape index (κ1) is 51.9. The van der Waals surface area contributed by atoms with Crippen molar-refractivity contribution in [3.63, 3.8) is 0 Å². The highest BCUT2D eigenvalue weighted by atomic mass is 16.7. The second kappa shape index (κ2) is 21.0. The Morgan fingerprint density at radius 3 is 2.21 bits per heavy atom. The van der Waals surface area contributed by atoms with Crippen molar-refractivity contribution in [3.8, 4) is 0 Å². The molecule has 0 amide bonds. The maximum Gasteiger partial charge on any atom is 0.419 e. The van der Waals surface area contributed by atoms with Crippen molar-refractivity contribution < 1.29 is 67.6 Å². The van der Waals surface area contributed by atoms with Gasteiger partial charge >= 0.3 is 18.0 Å². The number of likely N-dealkylation sites (N-methyl/N-ethyl adjacent to an activating group) is 2. The Kier molecular flexibility index (Phi) is 17.6. The van der Waals surface area contributed by atoms with E-state index >= 15 is 0 Å². The predicted molar refractivity (Wildman–Crippen MR) is 226 cm³/mol. The number of aromatic nitrogens is 2. The van der Waals surface area contributed by atoms with Gasteiger partial charge in [-0.1, -0.05) is 20.8 Å². The number of ether oxygens (including phenoxy) is 8. The molecule has 18 nitrogen and oxygen atoms in total. The third-order valence-corrected chi connectivity index (χ3v) is 13.4. The van der Waals surface area contributed by atoms with Gasteiger partial charge in [-0.05, 0) is 94.8 Å². The number of cyclic esters (lactones) is 1. The molecule has 0 saturated carbocycles. The lowest BCUT2D eigenvalue weighted by Crippen LogP contribution is -2.61. The van der Waals surface area contributed by atoms with Crippen LogP contribution in [-0.4, -0.2) is 178 Å². The summed E-state index contributed by atoms with van der Waals surface area (Å²) in [6.07, 6.45) is -5.22. The maximum atomic E-state index is 14.5. The number of methoxy groups -OCH3 is 1. The zero-order chi connectivity index (χ0) is 46.6. The van der Waals surface area contributed by atoms with Gasteiger partial charge in [0.05, 0.1) is 42.0 Å². The van der Waals surface area contributed by atoms with Crippen molar-refractivity contribution >= 4 is 18.0 Å². The fourth-order valence-electron chi connectivity index (χ4n) is 9.78. The first-order valence-electron chi connectivity index (χ1n) is 22.0. The van der Waals surface area contributed by atoms with E-state index in [9.17, 15) is 29.7 Å². The average molecular weight is 885 g/mol. The van der Waals surface area contributed by atoms with Crippen LogP contribution in [0.25, 0.3) is 0 Å². The summed E-state index contributed by atoms with van der Waals surface area (Å²) in [5.41, 5.74) is -4.63. The number of rotatable bonds is 9. The number of hydrogen-bond donors (Lipinski definition) is 3. The van der Waals surface area contributed by atoms with Crippen molar-refractivity contribution in [3.05, 3.63) is 18.7 Å². The molecule has 4 heterocycles. The summed E-state index contributed by atoms with van der Waals surface area (Å²) >= 11 is 0. The van der Waals surface area contributed by atoms with E-state index in [1.54, 1.807) is 48.5 Å². The van der Waals surface area contributed by atoms with E-state index in [-0.39, 0.29) is 37.3 Å². The van der Waals surface area contributed by atoms with Crippen molar-refractivity contribution in [2.24, 2.45) is 17.8 Å². The summed E-state index contributed by atoms with van der Waals surface area (Å²) in [5, 5.41) is 36.3. The number of carbonyl (C=O) groups is 3. The molecule has 4 rings (SSSR count). The van der Waals surface area contributed by atoms with Gasteiger partial charge < -0.3 is 63.0 Å². The molecule has 1 aromatic rings. The molecule has 0 aromatic carbocycles. The molecule has 2 unspecified atom stereocenters. The minimum Gasteiger partial charge on any atom is -0.459 e. The lowest BCUT2D eigenvalue weighted by atomic mass is 9.77. The third kappa shape index (κ3) is 11.9. The van der Waals surface area contributed by atoms with Gasteiger partial charge in [-0.2, -0.15) is 0 Å². The Morgan fingerprint density at radius 2 is 1.65 bits per heavy atom. The fourth-order valence-corrected chi connectivity index (χ4v) is 9.78. The Hall–Kier alpha value is -2.78. The molecule has 1 aromatic heterocycles. The summed E-state index contributed by atoms with van der Waals surface area (Å²) in [6.45, 7) is 19.2. The molecule has 3 aliphatic rings. The first-order chi connectivity index (χ1) is 28.8. The Labute approximate surface area is 367 Å². The normalized spacial score (nSPS) is 43.3. The third-order valence-electron chi connectivity index (χ3n) is 13.4. The van der Waals surface area contributed by atoms with Gasteiger partial charge in [0.2, 0.25) is 0 Å². The van der Waals surface area contributed by atoms with Crippen LogP contribution in [0, 0.1) is 17.8 Å². The molecular weight excluding hydrogens is 808 g/mol. The number of esters is 2. The van der Waals surface area contributed by atoms with Crippen LogP contribution in [0.2, 0.25) is 0 Å². The molecule has 0 spiro atoms. The topological polar surface area (TPSA) is 210 Å². The highest BCUT2D eigenvalue weighted by molar-refractivity contribution is 5.73. The van der Waals surface area contributed by atoms with E-state index in [4.69, 9.17) is 37.9 Å². The zero-order valence-corrected chi connectivity index (χ0v) is 39.5. The van der Waals surface area contributed by atoms with Crippen LogP contribution in [0.1, 0.15) is 102 Å². The Morgan fingerprint density at radius 1 is 0.984 bits per heavy atom. The number of aliphatic hydroxyl groups excluding tert-OH is 1. The smallest absolute Gasteiger partial charge is 0.419 e. The van der Waals surface area contributed by atoms with E-state index in [2.05, 4.69) is 4.98 Å². The Bertz CT molecular complexity index is 1610. The van der Waals surface area contributed by atoms with Crippen LogP contribution < -0.4 is 0 Å². The maximum absolute atomic E-state index is 14.5. The lowest BCUT2D eigenvalue weighted by Gasteiger charge is -2.49. The molecule has 3 aliphatic heterocycles. The molecule has 3 saturated heterocycles. The molecule has 0 aliphatic carbocycles. The summed E-state index contributed by atoms with van der Waals surface area (Å²) in [6, 6.07) is -0.877. The van der Waals surface area contributed by atoms with Gasteiger partial charge in [0.25, 0.3) is 0 Å². The van der Waals surface area contributed by atoms with Crippen LogP contribution in [-0.2, 0) is 47.5 Å². The number of hydrogen-bond acceptors (Lipinski definition) is 17. The van der Waals surface area contributed by atoms with Gasteiger partial charge in [0.15, 0.2) is 24.8 Å². The summed E-state index contributed by atoms with van der Waals surface area (Å²) in [7, 11) is 7.09. The molecule has 3 fully saturated rings. The molecule has 0 bridgehead atoms. The minimum absolute atomic E-state index is 0.0463. The largest absolute Gasteiger partial charge is 0.459 e. The van der Waals surface area contributed by atoms with Gasteiger partial charge in [0, 0.05) is 51.4 Å². The predicted octanol–water partition coefficient (Wildman–Crippen LogP) is 3.36. The van der Waals surface area contributed by atoms with Crippen LogP contribution >= 0.6 is 0 Å². The number of aliphatic hydroxyl groups is 3. The molecular formula is C44H76N4O14. The summed E-state index contributed by atoms with van der Waals surface area (Å²) in [4.78, 5) is 48.0. The van der Waals surface area contributed by atoms with E-state index in [0.717, 1.165) is 0 Å². The van der Waals surface area contributed by atoms with Gasteiger partial charge in [0.1, 0.15) is 29.7 Å². The highest BCUT2D eigenvalue weighted by Crippen LogP contribution is 2.41. The van der Waals surface area contributed by atoms with Gasteiger partial charge in [-0.15, -0.1) is 0 Å². The van der Waals surface area contributed by atoms with Crippen LogP contribution in [0.4, 0.5) is 4.79 Å². The first-order valence-corrected chi connectivity index (χ1v) is 22.0. The van der Waals surface area contributed by atoms with Crippen LogP contribution in [0.3, 0.4) is 0 Å². The molecule has 0 radical (unpaired) electrons. The average Bonchev–Trinajstić information content (AvgIpc) is 3.73. The molecule has 3 N–H and O–H groups in total. The quantitative estimate of drug-likeness (QED) is 0.240. The SMILES string of the molecule is CC[C@H]1OC(=O)[C@H](C)[C@@H](OC2C[C@@](C)(OC)[C@H](OC(=O)n3ccnc3)[C@@H](C)O2)[C@H](C)[C@@H](O[C@@H]2O[C@H](C)CC(N(C)C)[C@H]2OC(C)=O)[C@](C)(O)C[C@@H](C)CN(C)[C@H](C)[C@@H](O)[C@]1(C)O. The second-order valence-corrected chi connectivity index (χ2v) is 19.1. The van der Waals surface area contributed by atoms with E-state index < -0.39 is 108 Å². The Balaban J connectivity index is 1.84. The summed E-state index contributed by atoms with van der Waals surface area (Å²) < 4.78 is 51.8. The van der Waals surface area contributed by atoms with Crippen molar-refractivity contribution in [1.29, 1.82) is 0 Å². The standard InChI is InChI=1S/C44H76N4O14/c1-16-32-44(11,54)36(50)28(6)47(14)22-24(2)20-42(9,53)37(61-40-35(58-30(8)49)31(46(12)13)19-25(3)56-40)26(4)34(27(5)39(51)59-32)60-33-21-43(10,55-15)38(29(7)57-33)62-41(52)48-18-17-45-23-48/h17-18,23-29,31-38,40,50,53-54H,16,19-22H2,1-15H3/t24-,25-,26+,27-,28-,29-,31?,32-,33?,34+,35-,36-,37-,38-,40+,42-,43-,44-/m1/s1. The molecule has 62 heavy (non-hydrogen) atoms. The number of nitrogens with zero attached hydrogens (tertiary/aromatic N) is 4. The van der Waals surface area contributed by atoms with Gasteiger partial charge in [-0.3, -0.25) is 9.59 Å². The van der Waals surface area contributed by atoms with E-state index in [1.165, 1.54) is 44.2 Å². The number of imidazole rings is 1. The van der Waals surface area contributed by atoms with Crippen molar-refractivity contribution in [2.75, 3.05) is 34.8 Å². The lowest BCUT2D eigenvalue weighted by molar-refractivity contribution is -0.318. The van der Waals surface area contributed by atoms with Crippen LogP contribution in [0.15, 0.2) is 18.7 Å². The second-order valence-electron chi connectivity index (χ2n) is 19.1. The van der Waals surface area contributed by atoms with Gasteiger partial charge in [-0.25, -0.2) is 14.3 Å². The number of carbonyl (C=O) groups excluding carboxylic acids is 3. The minimum atomic E-state index is -1.85. The van der Waals surface area contributed by atoms with Crippen molar-refractivity contribution in [2.45, 2.75) is 192 Å². The van der Waals surface area contributed by atoms with Crippen molar-refractivity contribution in [1.82, 2.24) is 19.4 Å². The monoisotopic (exact) mass is 885 g/mol. The summed E-state index contributed by atoms with van der Waals surface area (Å²) in [5.74, 6) is -3.39. The van der Waals surface area contributed by atoms with Crippen LogP contribution in [0.5, 0.6) is 0 Å². The molecule has 18 heteroatoms. The molecule has 18 atom stereocenters. The fraction of sp³-hybridized carbons (Fsp3) is 0.864. The van der Waals surface area contributed by atoms with E-state index in [0.29, 0.717) is 13.0 Å². The molecule has 356 valence electrons.